The van der Waals surface area contributed by atoms with Gasteiger partial charge in [-0.25, -0.2) is 4.39 Å². The molecule has 2 fully saturated rings. The molecule has 1 aromatic carbocycles. The normalized spacial score (nSPS) is 28.7. The number of carbonyl (C=O) groups is 1. The highest BCUT2D eigenvalue weighted by atomic mass is 19.1. The van der Waals surface area contributed by atoms with Gasteiger partial charge in [-0.1, -0.05) is 12.1 Å². The summed E-state index contributed by atoms with van der Waals surface area (Å²) < 4.78 is 26.3. The fourth-order valence-electron chi connectivity index (χ4n) is 3.09. The molecule has 2 heterocycles. The van der Waals surface area contributed by atoms with Crippen molar-refractivity contribution in [2.75, 3.05) is 13.6 Å². The molecule has 2 aliphatic heterocycles. The molecule has 1 N–H and O–H groups in total. The van der Waals surface area contributed by atoms with E-state index in [1.165, 1.54) is 17.0 Å². The Kier molecular flexibility index (Phi) is 3.83. The van der Waals surface area contributed by atoms with E-state index in [1.54, 1.807) is 13.1 Å². The van der Waals surface area contributed by atoms with Crippen molar-refractivity contribution in [3.8, 4) is 0 Å². The van der Waals surface area contributed by atoms with Crippen molar-refractivity contribution in [1.82, 2.24) is 4.90 Å². The van der Waals surface area contributed by atoms with E-state index >= 15 is 0 Å². The van der Waals surface area contributed by atoms with Crippen LogP contribution in [0.3, 0.4) is 0 Å². The van der Waals surface area contributed by atoms with Gasteiger partial charge in [-0.2, -0.15) is 0 Å². The van der Waals surface area contributed by atoms with E-state index in [-0.39, 0.29) is 12.0 Å². The molecule has 1 unspecified atom stereocenters. The van der Waals surface area contributed by atoms with Crippen LogP contribution in [-0.4, -0.2) is 47.8 Å². The summed E-state index contributed by atoms with van der Waals surface area (Å²) in [6, 6.07) is 4.29. The maximum absolute atomic E-state index is 14.3. The van der Waals surface area contributed by atoms with Crippen molar-refractivity contribution < 1.29 is 23.6 Å². The van der Waals surface area contributed by atoms with E-state index in [4.69, 9.17) is 9.31 Å². The van der Waals surface area contributed by atoms with Gasteiger partial charge in [0.1, 0.15) is 5.82 Å². The van der Waals surface area contributed by atoms with Gasteiger partial charge in [-0.15, -0.1) is 0 Å². The van der Waals surface area contributed by atoms with Gasteiger partial charge in [0.05, 0.1) is 11.2 Å². The summed E-state index contributed by atoms with van der Waals surface area (Å²) in [5, 5.41) is 10.7. The van der Waals surface area contributed by atoms with Gasteiger partial charge in [0.25, 0.3) is 5.91 Å². The van der Waals surface area contributed by atoms with Gasteiger partial charge in [0, 0.05) is 25.6 Å². The van der Waals surface area contributed by atoms with E-state index in [1.807, 2.05) is 27.7 Å². The van der Waals surface area contributed by atoms with Gasteiger partial charge >= 0.3 is 7.12 Å². The molecule has 0 radical (unpaired) electrons. The van der Waals surface area contributed by atoms with E-state index in [0.29, 0.717) is 12.0 Å². The number of aliphatic hydroxyl groups is 1. The Bertz CT molecular complexity index is 677. The maximum atomic E-state index is 14.3. The average Bonchev–Trinajstić information content (AvgIpc) is 2.87. The van der Waals surface area contributed by atoms with Gasteiger partial charge in [0.15, 0.2) is 5.60 Å². The molecule has 2 aliphatic rings. The van der Waals surface area contributed by atoms with Crippen molar-refractivity contribution in [3.05, 3.63) is 29.6 Å². The fourth-order valence-corrected chi connectivity index (χ4v) is 3.09. The van der Waals surface area contributed by atoms with Crippen molar-refractivity contribution in [3.63, 3.8) is 0 Å². The molecule has 3 rings (SSSR count). The Morgan fingerprint density at radius 2 is 1.79 bits per heavy atom. The summed E-state index contributed by atoms with van der Waals surface area (Å²) in [7, 11) is 0.920. The zero-order valence-electron chi connectivity index (χ0n) is 14.7. The summed E-state index contributed by atoms with van der Waals surface area (Å²) in [6.45, 7) is 8.11. The van der Waals surface area contributed by atoms with Crippen LogP contribution in [0.2, 0.25) is 0 Å². The lowest BCUT2D eigenvalue weighted by atomic mass is 9.76. The second kappa shape index (κ2) is 5.28. The number of benzene rings is 1. The third-order valence-corrected chi connectivity index (χ3v) is 5.47. The maximum Gasteiger partial charge on any atom is 0.494 e. The van der Waals surface area contributed by atoms with Crippen LogP contribution in [0.1, 0.15) is 39.7 Å². The largest absolute Gasteiger partial charge is 0.494 e. The number of halogens is 1. The molecule has 1 aromatic rings. The molecule has 5 nitrogen and oxygen atoms in total. The lowest BCUT2D eigenvalue weighted by Gasteiger charge is -2.32. The monoisotopic (exact) mass is 335 g/mol. The Balaban J connectivity index is 1.98. The molecule has 0 aromatic heterocycles. The zero-order chi connectivity index (χ0) is 17.9. The highest BCUT2D eigenvalue weighted by Gasteiger charge is 2.52. The molecule has 0 aliphatic carbocycles. The standard InChI is InChI=1S/C17H23BFNO4/c1-15(2)16(3,4)24-18(23-15)11-6-7-13(19)12(10-11)17(22)8-9-20(5)14(17)21/h6-7,10,22H,8-9H2,1-5H3. The molecular formula is C17H23BFNO4. The Morgan fingerprint density at radius 1 is 1.21 bits per heavy atom. The highest BCUT2D eigenvalue weighted by molar-refractivity contribution is 6.62. The molecular weight excluding hydrogens is 312 g/mol. The third-order valence-electron chi connectivity index (χ3n) is 5.47. The second-order valence-electron chi connectivity index (χ2n) is 7.66. The van der Waals surface area contributed by atoms with Crippen LogP contribution in [0.25, 0.3) is 0 Å². The van der Waals surface area contributed by atoms with E-state index in [9.17, 15) is 14.3 Å². The third kappa shape index (κ3) is 2.46. The van der Waals surface area contributed by atoms with E-state index in [0.717, 1.165) is 0 Å². The van der Waals surface area contributed by atoms with Gasteiger partial charge in [-0.05, 0) is 39.2 Å². The average molecular weight is 335 g/mol. The molecule has 2 saturated heterocycles. The van der Waals surface area contributed by atoms with Crippen LogP contribution in [0.4, 0.5) is 4.39 Å². The zero-order valence-corrected chi connectivity index (χ0v) is 14.7. The van der Waals surface area contributed by atoms with E-state index < -0.39 is 35.6 Å². The first-order chi connectivity index (χ1) is 11.0. The number of nitrogens with zero attached hydrogens (tertiary/aromatic N) is 1. The fraction of sp³-hybridized carbons (Fsp3) is 0.588. The number of carbonyl (C=O) groups excluding carboxylic acids is 1. The molecule has 130 valence electrons. The van der Waals surface area contributed by atoms with Crippen molar-refractivity contribution >= 4 is 18.5 Å². The number of amides is 1. The minimum Gasteiger partial charge on any atom is -0.399 e. The lowest BCUT2D eigenvalue weighted by Crippen LogP contribution is -2.41. The quantitative estimate of drug-likeness (QED) is 0.825. The smallest absolute Gasteiger partial charge is 0.399 e. The van der Waals surface area contributed by atoms with Crippen LogP contribution < -0.4 is 5.46 Å². The molecule has 1 amide bonds. The molecule has 0 bridgehead atoms. The molecule has 24 heavy (non-hydrogen) atoms. The summed E-state index contributed by atoms with van der Waals surface area (Å²) in [4.78, 5) is 13.7. The lowest BCUT2D eigenvalue weighted by molar-refractivity contribution is -0.143. The molecule has 1 atom stereocenters. The summed E-state index contributed by atoms with van der Waals surface area (Å²) in [5.41, 5.74) is -2.32. The van der Waals surface area contributed by atoms with Gasteiger partial charge < -0.3 is 19.3 Å². The van der Waals surface area contributed by atoms with Gasteiger partial charge in [-0.3, -0.25) is 4.79 Å². The van der Waals surface area contributed by atoms with Gasteiger partial charge in [0.2, 0.25) is 0 Å². The van der Waals surface area contributed by atoms with Crippen molar-refractivity contribution in [2.24, 2.45) is 0 Å². The second-order valence-corrected chi connectivity index (χ2v) is 7.66. The first kappa shape index (κ1) is 17.4. The summed E-state index contributed by atoms with van der Waals surface area (Å²) in [6.07, 6.45) is 0.159. The van der Waals surface area contributed by atoms with E-state index in [2.05, 4.69) is 0 Å². The Labute approximate surface area is 141 Å². The SMILES string of the molecule is CN1CCC(O)(c2cc(B3OC(C)(C)C(C)(C)O3)ccc2F)C1=O. The molecule has 0 saturated carbocycles. The highest BCUT2D eigenvalue weighted by Crippen LogP contribution is 2.37. The summed E-state index contributed by atoms with van der Waals surface area (Å²) >= 11 is 0. The van der Waals surface area contributed by atoms with Crippen LogP contribution in [-0.2, 0) is 19.7 Å². The number of hydrogen-bond donors (Lipinski definition) is 1. The first-order valence-electron chi connectivity index (χ1n) is 8.11. The number of rotatable bonds is 2. The van der Waals surface area contributed by atoms with Crippen molar-refractivity contribution in [1.29, 1.82) is 0 Å². The molecule has 0 spiro atoms. The Morgan fingerprint density at radius 3 is 2.29 bits per heavy atom. The van der Waals surface area contributed by atoms with Crippen LogP contribution in [0.15, 0.2) is 18.2 Å². The number of likely N-dealkylation sites (tertiary alicyclic amines) is 1. The van der Waals surface area contributed by atoms with Crippen LogP contribution in [0.5, 0.6) is 0 Å². The Hall–Kier alpha value is -1.44. The number of hydrogen-bond acceptors (Lipinski definition) is 4. The van der Waals surface area contributed by atoms with Crippen molar-refractivity contribution in [2.45, 2.75) is 50.9 Å². The summed E-state index contributed by atoms with van der Waals surface area (Å²) in [5.74, 6) is -1.10. The predicted molar refractivity (Wildman–Crippen MR) is 88.3 cm³/mol. The predicted octanol–water partition coefficient (Wildman–Crippen LogP) is 1.17. The van der Waals surface area contributed by atoms with Crippen LogP contribution >= 0.6 is 0 Å². The minimum atomic E-state index is -1.83. The minimum absolute atomic E-state index is 0.0240. The van der Waals surface area contributed by atoms with Crippen LogP contribution in [0, 0.1) is 5.82 Å². The topological polar surface area (TPSA) is 59.0 Å². The number of likely N-dealkylation sites (N-methyl/N-ethyl adjacent to an activating group) is 1. The first-order valence-corrected chi connectivity index (χ1v) is 8.11. The molecule has 7 heteroatoms.